The first-order chi connectivity index (χ1) is 14.6. The van der Waals surface area contributed by atoms with Gasteiger partial charge in [-0.25, -0.2) is 8.78 Å². The monoisotopic (exact) mass is 456 g/mol. The zero-order valence-corrected chi connectivity index (χ0v) is 19.6. The molecule has 5 rings (SSSR count). The second kappa shape index (κ2) is 7.00. The van der Waals surface area contributed by atoms with Crippen LogP contribution in [0.3, 0.4) is 0 Å². The lowest BCUT2D eigenvalue weighted by molar-refractivity contribution is -0.232. The van der Waals surface area contributed by atoms with Crippen molar-refractivity contribution >= 4 is 17.5 Å². The molecular formula is C24H34F2O4S. The summed E-state index contributed by atoms with van der Waals surface area (Å²) >= 11 is 1.60. The molecule has 0 bridgehead atoms. The fraction of sp³-hybridized carbons (Fsp3) is 0.875. The molecule has 0 aromatic heterocycles. The second-order valence-corrected chi connectivity index (χ2v) is 11.8. The predicted molar refractivity (Wildman–Crippen MR) is 115 cm³/mol. The standard InChI is InChI=1S/C24H34F2O4S/c1-5-6-20-29-19-11-14-15-10-17(25)16-9-13(27)7-8-21(16,2)23(15,26)18(28)12-22(14,3)24(19,30-20)31-4/h9,14-15,17-20,28H,5-8,10-12H2,1-4H3/t14-,15-,17?,18?,19?,20?,21-,22-,23?,24?/m0/s1. The van der Waals surface area contributed by atoms with E-state index in [1.54, 1.807) is 18.7 Å². The van der Waals surface area contributed by atoms with Crippen molar-refractivity contribution in [3.8, 4) is 0 Å². The maximum absolute atomic E-state index is 17.2. The van der Waals surface area contributed by atoms with Gasteiger partial charge in [-0.05, 0) is 55.9 Å². The number of rotatable bonds is 3. The van der Waals surface area contributed by atoms with Gasteiger partial charge in [-0.3, -0.25) is 4.79 Å². The number of aliphatic hydroxyl groups excluding tert-OH is 1. The average Bonchev–Trinajstić information content (AvgIpc) is 3.18. The zero-order valence-electron chi connectivity index (χ0n) is 18.8. The Morgan fingerprint density at radius 1 is 1.29 bits per heavy atom. The lowest BCUT2D eigenvalue weighted by Crippen LogP contribution is -2.70. The first-order valence-electron chi connectivity index (χ1n) is 11.7. The molecule has 7 heteroatoms. The van der Waals surface area contributed by atoms with Crippen LogP contribution in [0, 0.1) is 22.7 Å². The minimum Gasteiger partial charge on any atom is -0.390 e. The van der Waals surface area contributed by atoms with Crippen molar-refractivity contribution in [3.63, 3.8) is 0 Å². The molecule has 0 radical (unpaired) electrons. The molecule has 0 amide bonds. The molecule has 1 N–H and O–H groups in total. The Morgan fingerprint density at radius 3 is 2.71 bits per heavy atom. The van der Waals surface area contributed by atoms with E-state index in [1.165, 1.54) is 6.08 Å². The summed E-state index contributed by atoms with van der Waals surface area (Å²) in [6, 6.07) is 0. The molecule has 5 aliphatic rings. The Morgan fingerprint density at radius 2 is 2.03 bits per heavy atom. The minimum absolute atomic E-state index is 0.00190. The third-order valence-corrected chi connectivity index (χ3v) is 11.0. The SMILES string of the molecule is CCCC1OC2C[C@H]3[C@@H]4CC(F)C5=CC(=O)CC[C@]5(C)C4(F)C(O)C[C@]3(C)C2(SC)O1. The van der Waals surface area contributed by atoms with Crippen molar-refractivity contribution in [2.24, 2.45) is 22.7 Å². The predicted octanol–water partition coefficient (Wildman–Crippen LogP) is 4.74. The average molecular weight is 457 g/mol. The number of aliphatic hydroxyl groups is 1. The Labute approximate surface area is 187 Å². The largest absolute Gasteiger partial charge is 0.390 e. The summed E-state index contributed by atoms with van der Waals surface area (Å²) in [7, 11) is 0. The molecule has 4 fully saturated rings. The van der Waals surface area contributed by atoms with Crippen LogP contribution >= 0.6 is 11.8 Å². The lowest BCUT2D eigenvalue weighted by Gasteiger charge is -2.64. The quantitative estimate of drug-likeness (QED) is 0.665. The van der Waals surface area contributed by atoms with E-state index in [0.29, 0.717) is 6.42 Å². The highest BCUT2D eigenvalue weighted by atomic mass is 32.2. The molecular weight excluding hydrogens is 422 g/mol. The number of ether oxygens (including phenoxy) is 2. The number of carbonyl (C=O) groups is 1. The van der Waals surface area contributed by atoms with Crippen molar-refractivity contribution in [2.45, 2.75) is 101 Å². The van der Waals surface area contributed by atoms with Gasteiger partial charge in [0.1, 0.15) is 16.8 Å². The van der Waals surface area contributed by atoms with Gasteiger partial charge in [0.2, 0.25) is 0 Å². The summed E-state index contributed by atoms with van der Waals surface area (Å²) in [5.41, 5.74) is -3.41. The van der Waals surface area contributed by atoms with Gasteiger partial charge in [0.25, 0.3) is 0 Å². The fourth-order valence-corrected chi connectivity index (χ4v) is 9.35. The first-order valence-corrected chi connectivity index (χ1v) is 12.9. The van der Waals surface area contributed by atoms with E-state index < -0.39 is 39.6 Å². The molecule has 174 valence electrons. The maximum atomic E-state index is 17.2. The van der Waals surface area contributed by atoms with Crippen LogP contribution in [-0.4, -0.2) is 52.4 Å². The number of thioether (sulfide) groups is 1. The van der Waals surface area contributed by atoms with E-state index in [0.717, 1.165) is 12.8 Å². The molecule has 4 aliphatic carbocycles. The zero-order chi connectivity index (χ0) is 22.4. The number of carbonyl (C=O) groups excluding carboxylic acids is 1. The van der Waals surface area contributed by atoms with Crippen molar-refractivity contribution < 1.29 is 28.2 Å². The lowest BCUT2D eigenvalue weighted by atomic mass is 9.44. The second-order valence-electron chi connectivity index (χ2n) is 10.8. The summed E-state index contributed by atoms with van der Waals surface area (Å²) in [6.45, 7) is 5.89. The Balaban J connectivity index is 1.58. The Kier molecular flexibility index (Phi) is 5.04. The van der Waals surface area contributed by atoms with Gasteiger partial charge in [-0.1, -0.05) is 27.2 Å². The van der Waals surface area contributed by atoms with E-state index in [1.807, 2.05) is 6.26 Å². The Hall–Kier alpha value is -0.500. The number of alkyl halides is 2. The van der Waals surface area contributed by atoms with E-state index in [-0.39, 0.29) is 55.4 Å². The number of halogens is 2. The van der Waals surface area contributed by atoms with E-state index in [4.69, 9.17) is 9.47 Å². The van der Waals surface area contributed by atoms with Gasteiger partial charge in [0, 0.05) is 23.2 Å². The molecule has 31 heavy (non-hydrogen) atoms. The molecule has 0 aromatic carbocycles. The highest BCUT2D eigenvalue weighted by Crippen LogP contribution is 2.74. The van der Waals surface area contributed by atoms with Crippen molar-refractivity contribution in [1.29, 1.82) is 0 Å². The third-order valence-electron chi connectivity index (χ3n) is 9.55. The van der Waals surface area contributed by atoms with Crippen LogP contribution in [0.1, 0.15) is 65.7 Å². The molecule has 3 saturated carbocycles. The van der Waals surface area contributed by atoms with Gasteiger partial charge < -0.3 is 14.6 Å². The molecule has 1 aliphatic heterocycles. The number of hydrogen-bond acceptors (Lipinski definition) is 5. The highest BCUT2D eigenvalue weighted by Gasteiger charge is 2.78. The van der Waals surface area contributed by atoms with Crippen LogP contribution in [0.2, 0.25) is 0 Å². The molecule has 6 unspecified atom stereocenters. The van der Waals surface area contributed by atoms with Crippen LogP contribution in [-0.2, 0) is 14.3 Å². The van der Waals surface area contributed by atoms with Crippen LogP contribution in [0.25, 0.3) is 0 Å². The van der Waals surface area contributed by atoms with Crippen LogP contribution in [0.15, 0.2) is 11.6 Å². The number of allylic oxidation sites excluding steroid dienone is 1. The number of hydrogen-bond donors (Lipinski definition) is 1. The highest BCUT2D eigenvalue weighted by molar-refractivity contribution is 7.99. The summed E-state index contributed by atoms with van der Waals surface area (Å²) in [6.07, 6.45) is 3.26. The van der Waals surface area contributed by atoms with Gasteiger partial charge >= 0.3 is 0 Å². The van der Waals surface area contributed by atoms with Crippen molar-refractivity contribution in [3.05, 3.63) is 11.6 Å². The normalized spacial score (nSPS) is 55.8. The molecule has 0 aromatic rings. The van der Waals surface area contributed by atoms with Crippen LogP contribution in [0.4, 0.5) is 8.78 Å². The Bertz CT molecular complexity index is 821. The maximum Gasteiger partial charge on any atom is 0.160 e. The number of fused-ring (bicyclic) bond motifs is 7. The van der Waals surface area contributed by atoms with Gasteiger partial charge in [0.15, 0.2) is 12.1 Å². The number of ketones is 1. The molecule has 1 heterocycles. The van der Waals surface area contributed by atoms with Crippen LogP contribution < -0.4 is 0 Å². The molecule has 10 atom stereocenters. The van der Waals surface area contributed by atoms with E-state index in [2.05, 4.69) is 13.8 Å². The van der Waals surface area contributed by atoms with E-state index in [9.17, 15) is 9.90 Å². The summed E-state index contributed by atoms with van der Waals surface area (Å²) in [4.78, 5) is 11.4. The summed E-state index contributed by atoms with van der Waals surface area (Å²) in [5.74, 6) is -0.943. The minimum atomic E-state index is -1.96. The van der Waals surface area contributed by atoms with Gasteiger partial charge in [0.05, 0.1) is 12.2 Å². The van der Waals surface area contributed by atoms with E-state index >= 15 is 8.78 Å². The van der Waals surface area contributed by atoms with Crippen molar-refractivity contribution in [1.82, 2.24) is 0 Å². The molecule has 0 spiro atoms. The smallest absolute Gasteiger partial charge is 0.160 e. The molecule has 4 nitrogen and oxygen atoms in total. The summed E-state index contributed by atoms with van der Waals surface area (Å²) < 4.78 is 45.5. The summed E-state index contributed by atoms with van der Waals surface area (Å²) in [5, 5.41) is 11.4. The molecule has 1 saturated heterocycles. The third kappa shape index (κ3) is 2.55. The topological polar surface area (TPSA) is 55.8 Å². The fourth-order valence-electron chi connectivity index (χ4n) is 8.04. The van der Waals surface area contributed by atoms with Gasteiger partial charge in [-0.2, -0.15) is 0 Å². The van der Waals surface area contributed by atoms with Crippen molar-refractivity contribution in [2.75, 3.05) is 6.26 Å². The van der Waals surface area contributed by atoms with Gasteiger partial charge in [-0.15, -0.1) is 11.8 Å². The van der Waals surface area contributed by atoms with Crippen LogP contribution in [0.5, 0.6) is 0 Å². The first kappa shape index (κ1) is 22.3.